The van der Waals surface area contributed by atoms with Gasteiger partial charge in [-0.15, -0.1) is 0 Å². The van der Waals surface area contributed by atoms with Crippen molar-refractivity contribution in [1.82, 2.24) is 9.55 Å². The van der Waals surface area contributed by atoms with Crippen LogP contribution >= 0.6 is 11.6 Å². The Labute approximate surface area is 116 Å². The number of hydrogen-bond acceptors (Lipinski definition) is 2. The highest BCUT2D eigenvalue weighted by Gasteiger charge is 2.07. The zero-order chi connectivity index (χ0) is 13.2. The highest BCUT2D eigenvalue weighted by Crippen LogP contribution is 2.23. The summed E-state index contributed by atoms with van der Waals surface area (Å²) < 4.78 is 2.18. The lowest BCUT2D eigenvalue weighted by Crippen LogP contribution is -2.04. The summed E-state index contributed by atoms with van der Waals surface area (Å²) in [5, 5.41) is 1.89. The first-order chi connectivity index (χ1) is 9.29. The maximum absolute atomic E-state index is 6.17. The van der Waals surface area contributed by atoms with Crippen molar-refractivity contribution < 1.29 is 0 Å². The van der Waals surface area contributed by atoms with Crippen LogP contribution in [0.15, 0.2) is 48.9 Å². The Hall–Kier alpha value is -1.84. The van der Waals surface area contributed by atoms with Gasteiger partial charge in [0.25, 0.3) is 0 Å². The summed E-state index contributed by atoms with van der Waals surface area (Å²) in [6, 6.07) is 10.2. The fourth-order valence-electron chi connectivity index (χ4n) is 2.35. The first kappa shape index (κ1) is 12.2. The van der Waals surface area contributed by atoms with E-state index in [1.165, 1.54) is 10.9 Å². The fraction of sp³-hybridized carbons (Fsp3) is 0.133. The number of hydrogen-bond donors (Lipinski definition) is 1. The number of fused-ring (bicyclic) bond motifs is 1. The molecule has 96 valence electrons. The molecule has 0 spiro atoms. The highest BCUT2D eigenvalue weighted by atomic mass is 35.5. The van der Waals surface area contributed by atoms with E-state index in [4.69, 9.17) is 17.3 Å². The van der Waals surface area contributed by atoms with E-state index in [2.05, 4.69) is 33.9 Å². The van der Waals surface area contributed by atoms with E-state index in [0.29, 0.717) is 11.6 Å². The van der Waals surface area contributed by atoms with Crippen LogP contribution in [0.2, 0.25) is 5.02 Å². The predicted octanol–water partition coefficient (Wildman–Crippen LogP) is 3.20. The molecule has 2 aromatic heterocycles. The second-order valence-electron chi connectivity index (χ2n) is 4.47. The molecule has 1 aromatic carbocycles. The standard InChI is InChI=1S/C15H14ClN3/c16-14-9-18-6-4-13(14)10-19-7-5-11-2-1-3-12(8-17)15(11)19/h1-7,9H,8,10,17H2. The van der Waals surface area contributed by atoms with Gasteiger partial charge in [-0.05, 0) is 28.6 Å². The average Bonchev–Trinajstić information content (AvgIpc) is 2.85. The first-order valence-electron chi connectivity index (χ1n) is 6.15. The maximum Gasteiger partial charge on any atom is 0.0639 e. The van der Waals surface area contributed by atoms with Gasteiger partial charge in [-0.25, -0.2) is 0 Å². The summed E-state index contributed by atoms with van der Waals surface area (Å²) in [5.74, 6) is 0. The average molecular weight is 272 g/mol. The van der Waals surface area contributed by atoms with Crippen LogP contribution in [0.25, 0.3) is 10.9 Å². The molecule has 0 radical (unpaired) electrons. The molecule has 0 aliphatic carbocycles. The van der Waals surface area contributed by atoms with Crippen molar-refractivity contribution >= 4 is 22.5 Å². The van der Waals surface area contributed by atoms with Gasteiger partial charge in [0.2, 0.25) is 0 Å². The summed E-state index contributed by atoms with van der Waals surface area (Å²) in [6.07, 6.45) is 5.50. The zero-order valence-electron chi connectivity index (χ0n) is 10.4. The molecule has 3 nitrogen and oxygen atoms in total. The molecule has 4 heteroatoms. The minimum absolute atomic E-state index is 0.533. The third-order valence-electron chi connectivity index (χ3n) is 3.29. The second kappa shape index (κ2) is 5.03. The third kappa shape index (κ3) is 2.23. The van der Waals surface area contributed by atoms with Crippen LogP contribution in [-0.4, -0.2) is 9.55 Å². The van der Waals surface area contributed by atoms with Gasteiger partial charge in [0.15, 0.2) is 0 Å². The number of aromatic nitrogens is 2. The smallest absolute Gasteiger partial charge is 0.0639 e. The van der Waals surface area contributed by atoms with Crippen LogP contribution in [0.3, 0.4) is 0 Å². The van der Waals surface area contributed by atoms with Crippen LogP contribution in [-0.2, 0) is 13.1 Å². The SMILES string of the molecule is NCc1cccc2ccn(Cc3ccncc3Cl)c12. The van der Waals surface area contributed by atoms with E-state index >= 15 is 0 Å². The van der Waals surface area contributed by atoms with Crippen LogP contribution in [0.4, 0.5) is 0 Å². The minimum Gasteiger partial charge on any atom is -0.343 e. The number of halogens is 1. The molecule has 0 unspecified atom stereocenters. The van der Waals surface area contributed by atoms with Crippen LogP contribution in [0.5, 0.6) is 0 Å². The lowest BCUT2D eigenvalue weighted by molar-refractivity contribution is 0.828. The number of nitrogens with zero attached hydrogens (tertiary/aromatic N) is 2. The number of rotatable bonds is 3. The van der Waals surface area contributed by atoms with Crippen LogP contribution < -0.4 is 5.73 Å². The van der Waals surface area contributed by atoms with Crippen molar-refractivity contribution in [3.05, 3.63) is 65.1 Å². The van der Waals surface area contributed by atoms with Crippen molar-refractivity contribution in [1.29, 1.82) is 0 Å². The zero-order valence-corrected chi connectivity index (χ0v) is 11.1. The normalized spacial score (nSPS) is 11.1. The largest absolute Gasteiger partial charge is 0.343 e. The van der Waals surface area contributed by atoms with Gasteiger partial charge < -0.3 is 10.3 Å². The quantitative estimate of drug-likeness (QED) is 0.795. The molecule has 3 aromatic rings. The fourth-order valence-corrected chi connectivity index (χ4v) is 2.53. The lowest BCUT2D eigenvalue weighted by Gasteiger charge is -2.10. The summed E-state index contributed by atoms with van der Waals surface area (Å²) in [6.45, 7) is 1.26. The monoisotopic (exact) mass is 271 g/mol. The molecule has 0 amide bonds. The molecular weight excluding hydrogens is 258 g/mol. The number of nitrogens with two attached hydrogens (primary N) is 1. The van der Waals surface area contributed by atoms with Gasteiger partial charge in [-0.1, -0.05) is 29.8 Å². The van der Waals surface area contributed by atoms with Gasteiger partial charge in [-0.3, -0.25) is 4.98 Å². The summed E-state index contributed by atoms with van der Waals surface area (Å²) in [7, 11) is 0. The lowest BCUT2D eigenvalue weighted by atomic mass is 10.1. The predicted molar refractivity (Wildman–Crippen MR) is 78.2 cm³/mol. The van der Waals surface area contributed by atoms with Crippen molar-refractivity contribution in [2.24, 2.45) is 5.73 Å². The Bertz CT molecular complexity index is 718. The van der Waals surface area contributed by atoms with Gasteiger partial charge in [0.1, 0.15) is 0 Å². The summed E-state index contributed by atoms with van der Waals surface area (Å²) in [4.78, 5) is 4.01. The Morgan fingerprint density at radius 3 is 2.84 bits per heavy atom. The van der Waals surface area contributed by atoms with E-state index < -0.39 is 0 Å². The molecule has 0 saturated carbocycles. The third-order valence-corrected chi connectivity index (χ3v) is 3.63. The Morgan fingerprint density at radius 1 is 1.16 bits per heavy atom. The van der Waals surface area contributed by atoms with Crippen molar-refractivity contribution in [2.45, 2.75) is 13.1 Å². The topological polar surface area (TPSA) is 43.8 Å². The molecule has 2 heterocycles. The number of para-hydroxylation sites is 1. The highest BCUT2D eigenvalue weighted by molar-refractivity contribution is 6.31. The van der Waals surface area contributed by atoms with E-state index in [1.807, 2.05) is 12.1 Å². The van der Waals surface area contributed by atoms with Crippen molar-refractivity contribution in [3.63, 3.8) is 0 Å². The molecule has 0 aliphatic heterocycles. The Morgan fingerprint density at radius 2 is 2.05 bits per heavy atom. The molecule has 0 fully saturated rings. The number of benzene rings is 1. The van der Waals surface area contributed by atoms with Crippen molar-refractivity contribution in [3.8, 4) is 0 Å². The minimum atomic E-state index is 0.533. The van der Waals surface area contributed by atoms with E-state index in [1.54, 1.807) is 12.4 Å². The molecular formula is C15H14ClN3. The molecule has 0 aliphatic rings. The van der Waals surface area contributed by atoms with Crippen LogP contribution in [0, 0.1) is 0 Å². The van der Waals surface area contributed by atoms with Gasteiger partial charge in [0, 0.05) is 31.7 Å². The van der Waals surface area contributed by atoms with Crippen LogP contribution in [0.1, 0.15) is 11.1 Å². The molecule has 0 atom stereocenters. The molecule has 19 heavy (non-hydrogen) atoms. The second-order valence-corrected chi connectivity index (χ2v) is 4.88. The molecule has 3 rings (SSSR count). The van der Waals surface area contributed by atoms with Gasteiger partial charge >= 0.3 is 0 Å². The summed E-state index contributed by atoms with van der Waals surface area (Å²) in [5.41, 5.74) is 9.20. The van der Waals surface area contributed by atoms with E-state index in [9.17, 15) is 0 Å². The molecule has 0 bridgehead atoms. The first-order valence-corrected chi connectivity index (χ1v) is 6.52. The molecule has 0 saturated heterocycles. The van der Waals surface area contributed by atoms with Gasteiger partial charge in [-0.2, -0.15) is 0 Å². The van der Waals surface area contributed by atoms with Gasteiger partial charge in [0.05, 0.1) is 10.5 Å². The summed E-state index contributed by atoms with van der Waals surface area (Å²) >= 11 is 6.17. The Balaban J connectivity index is 2.09. The van der Waals surface area contributed by atoms with E-state index in [0.717, 1.165) is 17.7 Å². The Kier molecular flexibility index (Phi) is 3.23. The maximum atomic E-state index is 6.17. The number of pyridine rings is 1. The molecule has 2 N–H and O–H groups in total. The van der Waals surface area contributed by atoms with E-state index in [-0.39, 0.29) is 0 Å². The van der Waals surface area contributed by atoms with Crippen molar-refractivity contribution in [2.75, 3.05) is 0 Å².